The van der Waals surface area contributed by atoms with E-state index in [1.807, 2.05) is 42.8 Å². The summed E-state index contributed by atoms with van der Waals surface area (Å²) < 4.78 is 13.8. The molecule has 1 unspecified atom stereocenters. The molecule has 1 aliphatic carbocycles. The van der Waals surface area contributed by atoms with Crippen molar-refractivity contribution in [2.24, 2.45) is 5.92 Å². The van der Waals surface area contributed by atoms with E-state index in [4.69, 9.17) is 14.3 Å². The van der Waals surface area contributed by atoms with Gasteiger partial charge in [-0.15, -0.1) is 0 Å². The minimum Gasteiger partial charge on any atom is -0.489 e. The number of amides is 3. The maximum absolute atomic E-state index is 13.6. The molecule has 1 aromatic carbocycles. The summed E-state index contributed by atoms with van der Waals surface area (Å²) in [6, 6.07) is 9.51. The molecule has 3 heterocycles. The Morgan fingerprint density at radius 1 is 1.11 bits per heavy atom. The number of furan rings is 1. The number of hydrogen-bond acceptors (Lipinski definition) is 6. The van der Waals surface area contributed by atoms with Crippen molar-refractivity contribution in [2.75, 3.05) is 19.6 Å². The molecule has 2 aromatic heterocycles. The molecule has 2 N–H and O–H groups in total. The fraction of sp³-hybridized carbons (Fsp3) is 0.529. The molecule has 0 fully saturated rings. The highest BCUT2D eigenvalue weighted by atomic mass is 16.5. The zero-order valence-electron chi connectivity index (χ0n) is 26.4. The van der Waals surface area contributed by atoms with Crippen LogP contribution in [0.1, 0.15) is 95.1 Å². The van der Waals surface area contributed by atoms with E-state index in [9.17, 15) is 14.4 Å². The highest BCUT2D eigenvalue weighted by molar-refractivity contribution is 5.94. The summed E-state index contributed by atoms with van der Waals surface area (Å²) >= 11 is 0. The van der Waals surface area contributed by atoms with Crippen molar-refractivity contribution in [2.45, 2.75) is 91.8 Å². The second-order valence-electron chi connectivity index (χ2n) is 12.5. The van der Waals surface area contributed by atoms with Crippen LogP contribution in [-0.2, 0) is 30.8 Å². The largest absolute Gasteiger partial charge is 0.489 e. The predicted molar refractivity (Wildman–Crippen MR) is 167 cm³/mol. The minimum atomic E-state index is -0.239. The van der Waals surface area contributed by atoms with E-state index in [0.717, 1.165) is 53.9 Å². The Balaban J connectivity index is 1.27. The number of ether oxygens (including phenoxy) is 1. The molecule has 10 nitrogen and oxygen atoms in total. The quantitative estimate of drug-likeness (QED) is 0.403. The van der Waals surface area contributed by atoms with E-state index in [0.29, 0.717) is 62.7 Å². The van der Waals surface area contributed by atoms with Crippen LogP contribution in [0.25, 0.3) is 0 Å². The lowest BCUT2D eigenvalue weighted by Crippen LogP contribution is -2.39. The third-order valence-electron chi connectivity index (χ3n) is 8.50. The first-order chi connectivity index (χ1) is 21.2. The number of aromatic nitrogens is 2. The Morgan fingerprint density at radius 3 is 2.66 bits per heavy atom. The third-order valence-corrected chi connectivity index (χ3v) is 8.50. The second-order valence-corrected chi connectivity index (χ2v) is 12.5. The fourth-order valence-corrected chi connectivity index (χ4v) is 5.88. The monoisotopic (exact) mass is 603 g/mol. The number of benzene rings is 1. The third kappa shape index (κ3) is 7.70. The number of aryl methyl sites for hydroxylation is 3. The van der Waals surface area contributed by atoms with Gasteiger partial charge in [-0.3, -0.25) is 19.1 Å². The van der Waals surface area contributed by atoms with Gasteiger partial charge in [0.1, 0.15) is 18.1 Å². The minimum absolute atomic E-state index is 0.0386. The number of nitrogens with one attached hydrogen (secondary N) is 2. The summed E-state index contributed by atoms with van der Waals surface area (Å²) in [6.07, 6.45) is 4.58. The Morgan fingerprint density at radius 2 is 1.89 bits per heavy atom. The average molecular weight is 604 g/mol. The van der Waals surface area contributed by atoms with Crippen LogP contribution in [0.15, 0.2) is 34.7 Å². The summed E-state index contributed by atoms with van der Waals surface area (Å²) in [5.74, 6) is 1.67. The van der Waals surface area contributed by atoms with Gasteiger partial charge in [-0.05, 0) is 76.5 Å². The molecule has 1 aliphatic heterocycles. The topological polar surface area (TPSA) is 119 Å². The van der Waals surface area contributed by atoms with Gasteiger partial charge in [0.2, 0.25) is 5.91 Å². The molecule has 0 saturated carbocycles. The van der Waals surface area contributed by atoms with Crippen molar-refractivity contribution in [3.63, 3.8) is 0 Å². The van der Waals surface area contributed by atoms with Gasteiger partial charge in [-0.1, -0.05) is 31.5 Å². The number of hydrogen-bond donors (Lipinski definition) is 2. The van der Waals surface area contributed by atoms with Crippen LogP contribution in [0.2, 0.25) is 0 Å². The van der Waals surface area contributed by atoms with Crippen molar-refractivity contribution in [1.29, 1.82) is 0 Å². The van der Waals surface area contributed by atoms with E-state index in [2.05, 4.69) is 24.5 Å². The van der Waals surface area contributed by atoms with Gasteiger partial charge in [0, 0.05) is 55.5 Å². The smallest absolute Gasteiger partial charge is 0.289 e. The lowest BCUT2D eigenvalue weighted by molar-refractivity contribution is -0.122. The van der Waals surface area contributed by atoms with Gasteiger partial charge in [-0.25, -0.2) is 0 Å². The zero-order valence-corrected chi connectivity index (χ0v) is 26.4. The molecule has 2 aliphatic rings. The summed E-state index contributed by atoms with van der Waals surface area (Å²) in [7, 11) is 0. The molecule has 3 aromatic rings. The molecule has 5 rings (SSSR count). The van der Waals surface area contributed by atoms with E-state index in [1.54, 1.807) is 11.0 Å². The summed E-state index contributed by atoms with van der Waals surface area (Å²) in [5.41, 5.74) is 4.47. The van der Waals surface area contributed by atoms with Crippen LogP contribution < -0.4 is 15.4 Å². The van der Waals surface area contributed by atoms with Gasteiger partial charge in [0.05, 0.1) is 0 Å². The van der Waals surface area contributed by atoms with Crippen molar-refractivity contribution in [1.82, 2.24) is 25.3 Å². The fourth-order valence-electron chi connectivity index (χ4n) is 5.88. The van der Waals surface area contributed by atoms with Crippen LogP contribution in [0.5, 0.6) is 5.75 Å². The Kier molecular flexibility index (Phi) is 10.1. The maximum Gasteiger partial charge on any atom is 0.289 e. The van der Waals surface area contributed by atoms with Gasteiger partial charge >= 0.3 is 0 Å². The molecule has 44 heavy (non-hydrogen) atoms. The first kappa shape index (κ1) is 31.3. The lowest BCUT2D eigenvalue weighted by atomic mass is 9.91. The highest BCUT2D eigenvalue weighted by Crippen LogP contribution is 2.26. The number of carbonyl (C=O) groups excluding carboxylic acids is 3. The van der Waals surface area contributed by atoms with E-state index in [-0.39, 0.29) is 36.1 Å². The molecule has 0 saturated heterocycles. The molecule has 10 heteroatoms. The zero-order chi connectivity index (χ0) is 31.2. The molecule has 3 amide bonds. The normalized spacial score (nSPS) is 17.9. The highest BCUT2D eigenvalue weighted by Gasteiger charge is 2.30. The van der Waals surface area contributed by atoms with Crippen LogP contribution >= 0.6 is 0 Å². The van der Waals surface area contributed by atoms with Gasteiger partial charge in [0.25, 0.3) is 11.8 Å². The van der Waals surface area contributed by atoms with Crippen molar-refractivity contribution in [3.05, 3.63) is 69.9 Å². The van der Waals surface area contributed by atoms with Gasteiger partial charge in [0.15, 0.2) is 11.5 Å². The summed E-state index contributed by atoms with van der Waals surface area (Å²) in [6.45, 7) is 10.5. The van der Waals surface area contributed by atoms with Crippen LogP contribution in [0.3, 0.4) is 0 Å². The summed E-state index contributed by atoms with van der Waals surface area (Å²) in [5, 5.41) is 10.9. The summed E-state index contributed by atoms with van der Waals surface area (Å²) in [4.78, 5) is 41.5. The van der Waals surface area contributed by atoms with Crippen LogP contribution in [0, 0.1) is 19.8 Å². The Bertz CT molecular complexity index is 1470. The number of nitrogens with zero attached hydrogens (tertiary/aromatic N) is 3. The molecule has 0 radical (unpaired) electrons. The average Bonchev–Trinajstić information content (AvgIpc) is 3.55. The maximum atomic E-state index is 13.6. The number of fused-ring (bicyclic) bond motifs is 1. The molecule has 1 atom stereocenters. The molecule has 0 spiro atoms. The van der Waals surface area contributed by atoms with Gasteiger partial charge < -0.3 is 24.7 Å². The van der Waals surface area contributed by atoms with Crippen molar-refractivity contribution < 1.29 is 23.5 Å². The standard InChI is InChI=1S/C34H45N5O5/c1-22(2)14-18-39-29-13-10-26-20-28(29)32(37-39)33(41)35-15-6-17-38(16-5-7-31(40)36-26)34(42)30-19-25(24(4)44-30)21-43-27-11-8-23(3)9-12-27/h8-9,11-12,19,22,26H,5-7,10,13-18,20-21H2,1-4H3,(H,35,41)(H,36,40). The van der Waals surface area contributed by atoms with E-state index >= 15 is 0 Å². The van der Waals surface area contributed by atoms with Crippen molar-refractivity contribution >= 4 is 17.7 Å². The number of carbonyl (C=O) groups is 3. The molecular formula is C34H45N5O5. The Hall–Kier alpha value is -4.08. The molecule has 2 bridgehead atoms. The van der Waals surface area contributed by atoms with Crippen LogP contribution in [0.4, 0.5) is 0 Å². The Labute approximate surface area is 259 Å². The number of rotatable bonds is 7. The van der Waals surface area contributed by atoms with Crippen LogP contribution in [-0.4, -0.2) is 58.1 Å². The SMILES string of the molecule is Cc1ccc(OCc2cc(C(=O)N3CCCNC(=O)c4nn(CCC(C)C)c5c4CC(CC5)NC(=O)CCC3)oc2C)cc1. The second kappa shape index (κ2) is 14.1. The lowest BCUT2D eigenvalue weighted by Gasteiger charge is -2.25. The first-order valence-electron chi connectivity index (χ1n) is 15.9. The van der Waals surface area contributed by atoms with E-state index in [1.165, 1.54) is 0 Å². The van der Waals surface area contributed by atoms with Crippen molar-refractivity contribution in [3.8, 4) is 5.75 Å². The predicted octanol–water partition coefficient (Wildman–Crippen LogP) is 4.75. The van der Waals surface area contributed by atoms with Gasteiger partial charge in [-0.2, -0.15) is 5.10 Å². The van der Waals surface area contributed by atoms with E-state index < -0.39 is 0 Å². The molecular weight excluding hydrogens is 558 g/mol. The molecule has 236 valence electrons. The first-order valence-corrected chi connectivity index (χ1v) is 15.9.